The van der Waals surface area contributed by atoms with Crippen LogP contribution in [0.15, 0.2) is 23.2 Å². The Morgan fingerprint density at radius 3 is 2.57 bits per heavy atom. The van der Waals surface area contributed by atoms with Gasteiger partial charge in [-0.3, -0.25) is 9.79 Å². The first-order valence-corrected chi connectivity index (χ1v) is 7.96. The lowest BCUT2D eigenvalue weighted by Crippen LogP contribution is -2.18. The standard InChI is InChI=1S/C16H24N2O2S/c1-6-20-14-8-7-12(11(2)19)9-13(14)10-21-15(17)18-16(3,4)5/h7-9H,6,10H2,1-5H3,(H2,17,18). The van der Waals surface area contributed by atoms with E-state index in [1.807, 2.05) is 39.8 Å². The monoisotopic (exact) mass is 308 g/mol. The summed E-state index contributed by atoms with van der Waals surface area (Å²) in [5.74, 6) is 1.46. The molecule has 2 N–H and O–H groups in total. The van der Waals surface area contributed by atoms with E-state index in [9.17, 15) is 4.79 Å². The van der Waals surface area contributed by atoms with E-state index >= 15 is 0 Å². The van der Waals surface area contributed by atoms with E-state index in [1.165, 1.54) is 11.8 Å². The molecule has 21 heavy (non-hydrogen) atoms. The summed E-state index contributed by atoms with van der Waals surface area (Å²) in [7, 11) is 0. The molecule has 1 aromatic carbocycles. The Morgan fingerprint density at radius 1 is 1.38 bits per heavy atom. The van der Waals surface area contributed by atoms with Crippen molar-refractivity contribution >= 4 is 22.7 Å². The summed E-state index contributed by atoms with van der Waals surface area (Å²) in [5, 5.41) is 0.540. The number of carbonyl (C=O) groups excluding carboxylic acids is 1. The third kappa shape index (κ3) is 6.21. The summed E-state index contributed by atoms with van der Waals surface area (Å²) in [6.45, 7) is 10.1. The molecule has 0 heterocycles. The summed E-state index contributed by atoms with van der Waals surface area (Å²) < 4.78 is 5.60. The van der Waals surface area contributed by atoms with Crippen molar-refractivity contribution in [2.24, 2.45) is 10.7 Å². The lowest BCUT2D eigenvalue weighted by molar-refractivity contribution is 0.101. The van der Waals surface area contributed by atoms with E-state index in [2.05, 4.69) is 4.99 Å². The number of hydrogen-bond donors (Lipinski definition) is 1. The van der Waals surface area contributed by atoms with E-state index in [4.69, 9.17) is 10.5 Å². The number of aliphatic imine (C=N–C) groups is 1. The fourth-order valence-corrected chi connectivity index (χ4v) is 2.59. The van der Waals surface area contributed by atoms with Gasteiger partial charge in [0.05, 0.1) is 12.1 Å². The second kappa shape index (κ2) is 7.50. The van der Waals surface area contributed by atoms with Gasteiger partial charge in [0.15, 0.2) is 11.0 Å². The molecule has 0 bridgehead atoms. The van der Waals surface area contributed by atoms with E-state index in [0.717, 1.165) is 11.3 Å². The zero-order valence-electron chi connectivity index (χ0n) is 13.4. The molecule has 4 nitrogen and oxygen atoms in total. The normalized spacial score (nSPS) is 12.3. The van der Waals surface area contributed by atoms with Crippen molar-refractivity contribution in [2.75, 3.05) is 6.61 Å². The number of ketones is 1. The van der Waals surface area contributed by atoms with Gasteiger partial charge in [0.25, 0.3) is 0 Å². The van der Waals surface area contributed by atoms with E-state index in [0.29, 0.717) is 23.1 Å². The van der Waals surface area contributed by atoms with Crippen LogP contribution in [-0.2, 0) is 5.75 Å². The van der Waals surface area contributed by atoms with Crippen molar-refractivity contribution in [3.63, 3.8) is 0 Å². The van der Waals surface area contributed by atoms with Crippen LogP contribution in [0.25, 0.3) is 0 Å². The Balaban J connectivity index is 2.92. The zero-order chi connectivity index (χ0) is 16.0. The minimum absolute atomic E-state index is 0.0422. The Labute approximate surface area is 131 Å². The van der Waals surface area contributed by atoms with Crippen LogP contribution < -0.4 is 10.5 Å². The van der Waals surface area contributed by atoms with Crippen molar-refractivity contribution in [2.45, 2.75) is 45.9 Å². The predicted octanol–water partition coefficient (Wildman–Crippen LogP) is 3.63. The number of Topliss-reactive ketones (excluding diaryl/α,β-unsaturated/α-hetero) is 1. The topological polar surface area (TPSA) is 64.7 Å². The SMILES string of the molecule is CCOc1ccc(C(C)=O)cc1CSC(N)=NC(C)(C)C. The number of hydrogen-bond acceptors (Lipinski definition) is 4. The van der Waals surface area contributed by atoms with Crippen LogP contribution in [-0.4, -0.2) is 23.1 Å². The van der Waals surface area contributed by atoms with E-state index in [1.54, 1.807) is 13.0 Å². The molecule has 0 fully saturated rings. The van der Waals surface area contributed by atoms with Gasteiger partial charge in [-0.05, 0) is 52.8 Å². The molecule has 0 spiro atoms. The molecule has 0 radical (unpaired) electrons. The molecule has 116 valence electrons. The second-order valence-corrected chi connectivity index (χ2v) is 6.72. The van der Waals surface area contributed by atoms with Crippen LogP contribution >= 0.6 is 11.8 Å². The summed E-state index contributed by atoms with van der Waals surface area (Å²) in [5.41, 5.74) is 7.38. The van der Waals surface area contributed by atoms with E-state index in [-0.39, 0.29) is 11.3 Å². The van der Waals surface area contributed by atoms with Gasteiger partial charge < -0.3 is 10.5 Å². The Hall–Kier alpha value is -1.49. The lowest BCUT2D eigenvalue weighted by atomic mass is 10.1. The summed E-state index contributed by atoms with van der Waals surface area (Å²) in [6, 6.07) is 5.49. The first-order valence-electron chi connectivity index (χ1n) is 6.97. The number of nitrogens with two attached hydrogens (primary N) is 1. The average Bonchev–Trinajstić information content (AvgIpc) is 2.35. The van der Waals surface area contributed by atoms with E-state index < -0.39 is 0 Å². The highest BCUT2D eigenvalue weighted by atomic mass is 32.2. The van der Waals surface area contributed by atoms with Gasteiger partial charge in [-0.2, -0.15) is 0 Å². The predicted molar refractivity (Wildman–Crippen MR) is 90.3 cm³/mol. The molecule has 0 atom stereocenters. The first kappa shape index (κ1) is 17.6. The molecule has 1 aromatic rings. The van der Waals surface area contributed by atoms with Gasteiger partial charge >= 0.3 is 0 Å². The van der Waals surface area contributed by atoms with Crippen LogP contribution in [0.5, 0.6) is 5.75 Å². The van der Waals surface area contributed by atoms with Gasteiger partial charge in [0.1, 0.15) is 5.75 Å². The Kier molecular flexibility index (Phi) is 6.27. The van der Waals surface area contributed by atoms with Crippen molar-refractivity contribution in [3.8, 4) is 5.75 Å². The number of rotatable bonds is 5. The van der Waals surface area contributed by atoms with Crippen LogP contribution in [0, 0.1) is 0 Å². The third-order valence-corrected chi connectivity index (χ3v) is 3.43. The second-order valence-electron chi connectivity index (χ2n) is 5.72. The minimum Gasteiger partial charge on any atom is -0.494 e. The summed E-state index contributed by atoms with van der Waals surface area (Å²) >= 11 is 1.45. The Bertz CT molecular complexity index is 534. The quantitative estimate of drug-likeness (QED) is 0.512. The van der Waals surface area contributed by atoms with Gasteiger partial charge in [0.2, 0.25) is 0 Å². The molecule has 5 heteroatoms. The molecular weight excluding hydrogens is 284 g/mol. The number of nitrogens with zero attached hydrogens (tertiary/aromatic N) is 1. The van der Waals surface area contributed by atoms with Crippen molar-refractivity contribution < 1.29 is 9.53 Å². The highest BCUT2D eigenvalue weighted by molar-refractivity contribution is 8.13. The van der Waals surface area contributed by atoms with Crippen LogP contribution in [0.2, 0.25) is 0 Å². The number of benzene rings is 1. The van der Waals surface area contributed by atoms with Gasteiger partial charge in [-0.25, -0.2) is 0 Å². The van der Waals surface area contributed by atoms with Crippen LogP contribution in [0.4, 0.5) is 0 Å². The number of ether oxygens (including phenoxy) is 1. The minimum atomic E-state index is -0.193. The molecule has 0 aromatic heterocycles. The Morgan fingerprint density at radius 2 is 2.05 bits per heavy atom. The third-order valence-electron chi connectivity index (χ3n) is 2.59. The zero-order valence-corrected chi connectivity index (χ0v) is 14.2. The average molecular weight is 308 g/mol. The number of carbonyl (C=O) groups is 1. The largest absolute Gasteiger partial charge is 0.494 e. The molecule has 0 saturated heterocycles. The summed E-state index contributed by atoms with van der Waals surface area (Å²) in [6.07, 6.45) is 0. The molecule has 1 rings (SSSR count). The first-order chi connectivity index (χ1) is 9.73. The molecule has 0 saturated carbocycles. The number of thioether (sulfide) groups is 1. The smallest absolute Gasteiger partial charge is 0.159 e. The van der Waals surface area contributed by atoms with Crippen molar-refractivity contribution in [3.05, 3.63) is 29.3 Å². The van der Waals surface area contributed by atoms with Crippen molar-refractivity contribution in [1.29, 1.82) is 0 Å². The van der Waals surface area contributed by atoms with Crippen molar-refractivity contribution in [1.82, 2.24) is 0 Å². The molecule has 0 aliphatic carbocycles. The molecular formula is C16H24N2O2S. The van der Waals surface area contributed by atoms with Crippen LogP contribution in [0.3, 0.4) is 0 Å². The summed E-state index contributed by atoms with van der Waals surface area (Å²) in [4.78, 5) is 15.9. The van der Waals surface area contributed by atoms with Gasteiger partial charge in [-0.15, -0.1) is 0 Å². The maximum atomic E-state index is 11.5. The fraction of sp³-hybridized carbons (Fsp3) is 0.500. The van der Waals surface area contributed by atoms with Gasteiger partial charge in [-0.1, -0.05) is 11.8 Å². The number of amidine groups is 1. The molecule has 0 unspecified atom stereocenters. The highest BCUT2D eigenvalue weighted by Gasteiger charge is 2.11. The highest BCUT2D eigenvalue weighted by Crippen LogP contribution is 2.25. The van der Waals surface area contributed by atoms with Gasteiger partial charge in [0, 0.05) is 16.9 Å². The molecule has 0 aliphatic rings. The maximum absolute atomic E-state index is 11.5. The lowest BCUT2D eigenvalue weighted by Gasteiger charge is -2.14. The fourth-order valence-electron chi connectivity index (χ4n) is 1.72. The molecule has 0 amide bonds. The maximum Gasteiger partial charge on any atom is 0.159 e. The van der Waals surface area contributed by atoms with Crippen LogP contribution in [0.1, 0.15) is 50.5 Å². The molecule has 0 aliphatic heterocycles.